The van der Waals surface area contributed by atoms with Crippen molar-refractivity contribution in [2.45, 2.75) is 13.8 Å². The summed E-state index contributed by atoms with van der Waals surface area (Å²) < 4.78 is 10.0. The molecule has 0 spiro atoms. The molecule has 0 saturated heterocycles. The van der Waals surface area contributed by atoms with Crippen molar-refractivity contribution in [3.05, 3.63) is 64.7 Å². The molecule has 0 fully saturated rings. The normalized spacial score (nSPS) is 10.7. The summed E-state index contributed by atoms with van der Waals surface area (Å²) in [7, 11) is 1.52. The second-order valence-electron chi connectivity index (χ2n) is 5.87. The van der Waals surface area contributed by atoms with Crippen LogP contribution in [0.5, 0.6) is 5.75 Å². The lowest BCUT2D eigenvalue weighted by atomic mass is 10.1. The Morgan fingerprint density at radius 2 is 1.93 bits per heavy atom. The smallest absolute Gasteiger partial charge is 0.349 e. The zero-order valence-electron chi connectivity index (χ0n) is 15.4. The van der Waals surface area contributed by atoms with Crippen LogP contribution in [0.15, 0.2) is 48.0 Å². The topological polar surface area (TPSA) is 88.4 Å². The number of rotatable bonds is 6. The number of amides is 1. The van der Waals surface area contributed by atoms with Gasteiger partial charge in [-0.05, 0) is 60.9 Å². The molecule has 1 amide bonds. The number of methoxy groups -OCH3 is 1. The van der Waals surface area contributed by atoms with Crippen molar-refractivity contribution in [2.24, 2.45) is 0 Å². The minimum absolute atomic E-state index is 0.206. The van der Waals surface area contributed by atoms with Crippen LogP contribution in [0.3, 0.4) is 0 Å². The van der Waals surface area contributed by atoms with Gasteiger partial charge < -0.3 is 14.8 Å². The predicted molar refractivity (Wildman–Crippen MR) is 102 cm³/mol. The van der Waals surface area contributed by atoms with Crippen molar-refractivity contribution in [2.75, 3.05) is 19.0 Å². The summed E-state index contributed by atoms with van der Waals surface area (Å²) >= 11 is 0. The number of ether oxygens (including phenoxy) is 2. The number of nitrogens with zero attached hydrogens (tertiary/aromatic N) is 1. The maximum absolute atomic E-state index is 12.1. The number of nitrogens with one attached hydrogen (secondary N) is 1. The molecule has 0 radical (unpaired) electrons. The lowest BCUT2D eigenvalue weighted by Gasteiger charge is -2.08. The van der Waals surface area contributed by atoms with E-state index in [1.165, 1.54) is 13.2 Å². The monoisotopic (exact) mass is 364 g/mol. The van der Waals surface area contributed by atoms with E-state index in [1.54, 1.807) is 36.4 Å². The van der Waals surface area contributed by atoms with Crippen molar-refractivity contribution in [1.29, 1.82) is 5.26 Å². The van der Waals surface area contributed by atoms with Crippen molar-refractivity contribution in [1.82, 2.24) is 0 Å². The molecule has 0 heterocycles. The first-order chi connectivity index (χ1) is 12.9. The fourth-order valence-electron chi connectivity index (χ4n) is 2.26. The van der Waals surface area contributed by atoms with E-state index < -0.39 is 18.5 Å². The van der Waals surface area contributed by atoms with Crippen LogP contribution in [0, 0.1) is 25.2 Å². The zero-order valence-corrected chi connectivity index (χ0v) is 15.4. The minimum Gasteiger partial charge on any atom is -0.497 e. The third-order valence-corrected chi connectivity index (χ3v) is 3.87. The predicted octanol–water partition coefficient (Wildman–Crippen LogP) is 3.40. The quantitative estimate of drug-likeness (QED) is 0.482. The Labute approximate surface area is 158 Å². The molecule has 0 aliphatic heterocycles. The molecule has 0 aromatic heterocycles. The number of carbonyl (C=O) groups is 2. The lowest BCUT2D eigenvalue weighted by molar-refractivity contribution is -0.142. The second-order valence-corrected chi connectivity index (χ2v) is 5.87. The van der Waals surface area contributed by atoms with Crippen LogP contribution in [0.2, 0.25) is 0 Å². The first kappa shape index (κ1) is 19.7. The number of esters is 1. The first-order valence-electron chi connectivity index (χ1n) is 8.23. The van der Waals surface area contributed by atoms with Crippen LogP contribution < -0.4 is 10.1 Å². The van der Waals surface area contributed by atoms with Crippen LogP contribution in [-0.2, 0) is 14.3 Å². The van der Waals surface area contributed by atoms with Gasteiger partial charge in [0, 0.05) is 5.69 Å². The zero-order chi connectivity index (χ0) is 19.8. The molecule has 0 bridgehead atoms. The SMILES string of the molecule is COc1cccc(/C=C(\C#N)C(=O)OCC(=O)Nc2ccc(C)c(C)c2)c1. The van der Waals surface area contributed by atoms with Gasteiger partial charge in [-0.2, -0.15) is 5.26 Å². The summed E-state index contributed by atoms with van der Waals surface area (Å²) in [5.41, 5.74) is 3.18. The van der Waals surface area contributed by atoms with Crippen LogP contribution in [-0.4, -0.2) is 25.6 Å². The van der Waals surface area contributed by atoms with Crippen LogP contribution in [0.1, 0.15) is 16.7 Å². The van der Waals surface area contributed by atoms with Gasteiger partial charge in [-0.1, -0.05) is 18.2 Å². The number of hydrogen-bond donors (Lipinski definition) is 1. The highest BCUT2D eigenvalue weighted by Crippen LogP contribution is 2.16. The molecule has 0 aliphatic carbocycles. The number of anilines is 1. The maximum Gasteiger partial charge on any atom is 0.349 e. The molecular formula is C21H20N2O4. The van der Waals surface area contributed by atoms with Crippen LogP contribution >= 0.6 is 0 Å². The van der Waals surface area contributed by atoms with Gasteiger partial charge in [0.05, 0.1) is 7.11 Å². The number of carbonyl (C=O) groups excluding carboxylic acids is 2. The molecule has 27 heavy (non-hydrogen) atoms. The molecule has 0 unspecified atom stereocenters. The van der Waals surface area contributed by atoms with Crippen molar-refractivity contribution in [3.63, 3.8) is 0 Å². The molecule has 0 saturated carbocycles. The van der Waals surface area contributed by atoms with Crippen molar-refractivity contribution < 1.29 is 19.1 Å². The van der Waals surface area contributed by atoms with Gasteiger partial charge >= 0.3 is 5.97 Å². The molecular weight excluding hydrogens is 344 g/mol. The average molecular weight is 364 g/mol. The van der Waals surface area contributed by atoms with Gasteiger partial charge in [0.25, 0.3) is 5.91 Å². The Balaban J connectivity index is 1.97. The molecule has 138 valence electrons. The molecule has 2 aromatic rings. The van der Waals surface area contributed by atoms with E-state index in [-0.39, 0.29) is 5.57 Å². The summed E-state index contributed by atoms with van der Waals surface area (Å²) in [4.78, 5) is 24.0. The van der Waals surface area contributed by atoms with Crippen molar-refractivity contribution in [3.8, 4) is 11.8 Å². The van der Waals surface area contributed by atoms with E-state index in [4.69, 9.17) is 9.47 Å². The Morgan fingerprint density at radius 3 is 2.59 bits per heavy atom. The Kier molecular flexibility index (Phi) is 6.73. The third kappa shape index (κ3) is 5.72. The molecule has 2 rings (SSSR count). The van der Waals surface area contributed by atoms with Gasteiger partial charge in [0.15, 0.2) is 6.61 Å². The van der Waals surface area contributed by atoms with E-state index >= 15 is 0 Å². The fourth-order valence-corrected chi connectivity index (χ4v) is 2.26. The average Bonchev–Trinajstić information content (AvgIpc) is 2.67. The van der Waals surface area contributed by atoms with Crippen LogP contribution in [0.25, 0.3) is 6.08 Å². The number of benzene rings is 2. The number of nitriles is 1. The highest BCUT2D eigenvalue weighted by Gasteiger charge is 2.13. The van der Waals surface area contributed by atoms with E-state index in [9.17, 15) is 14.9 Å². The molecule has 2 aromatic carbocycles. The Morgan fingerprint density at radius 1 is 1.15 bits per heavy atom. The first-order valence-corrected chi connectivity index (χ1v) is 8.23. The van der Waals surface area contributed by atoms with E-state index in [0.29, 0.717) is 17.0 Å². The van der Waals surface area contributed by atoms with E-state index in [2.05, 4.69) is 5.32 Å². The molecule has 6 nitrogen and oxygen atoms in total. The molecule has 6 heteroatoms. The number of aryl methyl sites for hydroxylation is 2. The van der Waals surface area contributed by atoms with Gasteiger partial charge in [-0.25, -0.2) is 4.79 Å². The third-order valence-electron chi connectivity index (χ3n) is 3.87. The second kappa shape index (κ2) is 9.20. The standard InChI is InChI=1S/C21H20N2O4/c1-14-7-8-18(9-15(14)2)23-20(24)13-27-21(25)17(12-22)10-16-5-4-6-19(11-16)26-3/h4-11H,13H2,1-3H3,(H,23,24)/b17-10+. The maximum atomic E-state index is 12.1. The van der Waals surface area contributed by atoms with Gasteiger partial charge in [0.2, 0.25) is 0 Å². The molecule has 0 atom stereocenters. The molecule has 0 aliphatic rings. The van der Waals surface area contributed by atoms with Crippen LogP contribution in [0.4, 0.5) is 5.69 Å². The summed E-state index contributed by atoms with van der Waals surface area (Å²) in [6.07, 6.45) is 1.38. The summed E-state index contributed by atoms with van der Waals surface area (Å²) in [5, 5.41) is 11.8. The van der Waals surface area contributed by atoms with Crippen molar-refractivity contribution >= 4 is 23.6 Å². The lowest BCUT2D eigenvalue weighted by Crippen LogP contribution is -2.21. The summed E-state index contributed by atoms with van der Waals surface area (Å²) in [6, 6.07) is 14.2. The number of hydrogen-bond acceptors (Lipinski definition) is 5. The fraction of sp³-hybridized carbons (Fsp3) is 0.190. The largest absolute Gasteiger partial charge is 0.497 e. The van der Waals surface area contributed by atoms with E-state index in [1.807, 2.05) is 26.0 Å². The minimum atomic E-state index is -0.865. The molecule has 1 N–H and O–H groups in total. The van der Waals surface area contributed by atoms with E-state index in [0.717, 1.165) is 11.1 Å². The van der Waals surface area contributed by atoms with Gasteiger partial charge in [-0.15, -0.1) is 0 Å². The Bertz CT molecular complexity index is 926. The van der Waals surface area contributed by atoms with Gasteiger partial charge in [0.1, 0.15) is 17.4 Å². The van der Waals surface area contributed by atoms with Gasteiger partial charge in [-0.3, -0.25) is 4.79 Å². The Hall–Kier alpha value is -3.59. The summed E-state index contributed by atoms with van der Waals surface area (Å²) in [6.45, 7) is 3.43. The highest BCUT2D eigenvalue weighted by molar-refractivity contribution is 6.00. The highest BCUT2D eigenvalue weighted by atomic mass is 16.5. The summed E-state index contributed by atoms with van der Waals surface area (Å²) in [5.74, 6) is -0.747.